The molecule has 1 saturated carbocycles. The molecule has 0 radical (unpaired) electrons. The maximum atomic E-state index is 10.3. The van der Waals surface area contributed by atoms with E-state index in [0.29, 0.717) is 17.8 Å². The lowest BCUT2D eigenvalue weighted by atomic mass is 9.73. The minimum atomic E-state index is -0.0707. The van der Waals surface area contributed by atoms with Crippen LogP contribution in [0.25, 0.3) is 0 Å². The van der Waals surface area contributed by atoms with E-state index in [4.69, 9.17) is 0 Å². The molecule has 100 valence electrons. The highest BCUT2D eigenvalue weighted by molar-refractivity contribution is 7.99. The van der Waals surface area contributed by atoms with Gasteiger partial charge < -0.3 is 10.0 Å². The molecular weight excluding hydrogens is 230 g/mol. The minimum Gasteiger partial charge on any atom is -0.393 e. The van der Waals surface area contributed by atoms with Crippen molar-refractivity contribution in [3.8, 4) is 0 Å². The van der Waals surface area contributed by atoms with Crippen molar-refractivity contribution in [2.24, 2.45) is 17.8 Å². The van der Waals surface area contributed by atoms with E-state index in [0.717, 1.165) is 18.2 Å². The summed E-state index contributed by atoms with van der Waals surface area (Å²) in [6, 6.07) is 0. The van der Waals surface area contributed by atoms with Gasteiger partial charge in [0.05, 0.1) is 6.10 Å². The first-order valence-corrected chi connectivity index (χ1v) is 8.13. The van der Waals surface area contributed by atoms with Crippen molar-refractivity contribution in [3.05, 3.63) is 0 Å². The minimum absolute atomic E-state index is 0.0707. The second-order valence-corrected chi connectivity index (χ2v) is 7.77. The Morgan fingerprint density at radius 2 is 2.00 bits per heavy atom. The Kier molecular flexibility index (Phi) is 4.79. The molecule has 0 amide bonds. The molecule has 0 aromatic carbocycles. The number of nitrogens with zero attached hydrogens (tertiary/aromatic N) is 1. The molecule has 0 aromatic rings. The number of hydrogen-bond donors (Lipinski definition) is 1. The molecular formula is C14H27NOS. The third-order valence-electron chi connectivity index (χ3n) is 4.44. The fourth-order valence-corrected chi connectivity index (χ4v) is 4.61. The van der Waals surface area contributed by atoms with Crippen molar-refractivity contribution in [1.82, 2.24) is 4.90 Å². The van der Waals surface area contributed by atoms with E-state index >= 15 is 0 Å². The molecule has 5 unspecified atom stereocenters. The van der Waals surface area contributed by atoms with Crippen LogP contribution in [0.2, 0.25) is 0 Å². The molecule has 1 N–H and O–H groups in total. The van der Waals surface area contributed by atoms with E-state index in [2.05, 4.69) is 37.4 Å². The van der Waals surface area contributed by atoms with Gasteiger partial charge in [-0.05, 0) is 24.7 Å². The lowest BCUT2D eigenvalue weighted by molar-refractivity contribution is -0.00136. The fraction of sp³-hybridized carbons (Fsp3) is 1.00. The summed E-state index contributed by atoms with van der Waals surface area (Å²) in [7, 11) is 0. The zero-order chi connectivity index (χ0) is 12.4. The monoisotopic (exact) mass is 257 g/mol. The van der Waals surface area contributed by atoms with Crippen LogP contribution in [-0.2, 0) is 0 Å². The molecule has 5 atom stereocenters. The SMILES string of the molecule is CC1CC(C)C(CN2CCSC(C)C2)C(O)C1. The van der Waals surface area contributed by atoms with Gasteiger partial charge in [-0.2, -0.15) is 11.8 Å². The zero-order valence-corrected chi connectivity index (χ0v) is 12.2. The molecule has 0 bridgehead atoms. The van der Waals surface area contributed by atoms with Crippen molar-refractivity contribution in [2.75, 3.05) is 25.4 Å². The lowest BCUT2D eigenvalue weighted by Crippen LogP contribution is -2.46. The van der Waals surface area contributed by atoms with E-state index in [9.17, 15) is 5.11 Å². The van der Waals surface area contributed by atoms with E-state index in [1.165, 1.54) is 25.3 Å². The van der Waals surface area contributed by atoms with Gasteiger partial charge in [0.2, 0.25) is 0 Å². The van der Waals surface area contributed by atoms with Crippen LogP contribution < -0.4 is 0 Å². The summed E-state index contributed by atoms with van der Waals surface area (Å²) < 4.78 is 0. The summed E-state index contributed by atoms with van der Waals surface area (Å²) in [5, 5.41) is 11.0. The summed E-state index contributed by atoms with van der Waals surface area (Å²) in [5.74, 6) is 3.14. The Balaban J connectivity index is 1.88. The van der Waals surface area contributed by atoms with Gasteiger partial charge in [0.1, 0.15) is 0 Å². The van der Waals surface area contributed by atoms with Crippen LogP contribution in [0.15, 0.2) is 0 Å². The normalized spacial score (nSPS) is 44.8. The Hall–Kier alpha value is 0.270. The zero-order valence-electron chi connectivity index (χ0n) is 11.4. The molecule has 2 fully saturated rings. The van der Waals surface area contributed by atoms with E-state index in [1.54, 1.807) is 0 Å². The number of thioether (sulfide) groups is 1. The number of rotatable bonds is 2. The highest BCUT2D eigenvalue weighted by Crippen LogP contribution is 2.34. The van der Waals surface area contributed by atoms with Gasteiger partial charge in [0.15, 0.2) is 0 Å². The molecule has 3 heteroatoms. The number of aliphatic hydroxyl groups is 1. The quantitative estimate of drug-likeness (QED) is 0.822. The summed E-state index contributed by atoms with van der Waals surface area (Å²) in [4.78, 5) is 2.57. The second-order valence-electron chi connectivity index (χ2n) is 6.23. The van der Waals surface area contributed by atoms with Gasteiger partial charge in [-0.15, -0.1) is 0 Å². The predicted octanol–water partition coefficient (Wildman–Crippen LogP) is 2.47. The van der Waals surface area contributed by atoms with Gasteiger partial charge in [-0.3, -0.25) is 0 Å². The third-order valence-corrected chi connectivity index (χ3v) is 5.57. The van der Waals surface area contributed by atoms with Gasteiger partial charge in [-0.1, -0.05) is 20.8 Å². The Morgan fingerprint density at radius 1 is 1.24 bits per heavy atom. The predicted molar refractivity (Wildman–Crippen MR) is 75.4 cm³/mol. The average molecular weight is 257 g/mol. The van der Waals surface area contributed by atoms with Crippen molar-refractivity contribution in [2.45, 2.75) is 45.0 Å². The van der Waals surface area contributed by atoms with Gasteiger partial charge in [0, 0.05) is 36.6 Å². The van der Waals surface area contributed by atoms with Crippen molar-refractivity contribution >= 4 is 11.8 Å². The third kappa shape index (κ3) is 3.62. The first kappa shape index (κ1) is 13.7. The molecule has 0 spiro atoms. The highest BCUT2D eigenvalue weighted by Gasteiger charge is 2.34. The first-order valence-electron chi connectivity index (χ1n) is 7.08. The van der Waals surface area contributed by atoms with Gasteiger partial charge in [0.25, 0.3) is 0 Å². The molecule has 1 aliphatic heterocycles. The molecule has 2 nitrogen and oxygen atoms in total. The van der Waals surface area contributed by atoms with E-state index in [-0.39, 0.29) is 6.10 Å². The highest BCUT2D eigenvalue weighted by atomic mass is 32.2. The summed E-state index contributed by atoms with van der Waals surface area (Å²) in [5.41, 5.74) is 0. The Labute approximate surface area is 110 Å². The van der Waals surface area contributed by atoms with Gasteiger partial charge >= 0.3 is 0 Å². The van der Waals surface area contributed by atoms with E-state index in [1.807, 2.05) is 0 Å². The molecule has 0 aromatic heterocycles. The lowest BCUT2D eigenvalue weighted by Gasteiger charge is -2.41. The molecule has 2 aliphatic rings. The van der Waals surface area contributed by atoms with Crippen LogP contribution in [0, 0.1) is 17.8 Å². The molecule has 1 aliphatic carbocycles. The van der Waals surface area contributed by atoms with Crippen LogP contribution in [0.3, 0.4) is 0 Å². The first-order chi connectivity index (χ1) is 8.06. The standard InChI is InChI=1S/C14H27NOS/c1-10-6-11(2)13(14(16)7-10)9-15-4-5-17-12(3)8-15/h10-14,16H,4-9H2,1-3H3. The van der Waals surface area contributed by atoms with Crippen molar-refractivity contribution < 1.29 is 5.11 Å². The maximum absolute atomic E-state index is 10.3. The van der Waals surface area contributed by atoms with Gasteiger partial charge in [-0.25, -0.2) is 0 Å². The maximum Gasteiger partial charge on any atom is 0.0585 e. The van der Waals surface area contributed by atoms with Crippen molar-refractivity contribution in [3.63, 3.8) is 0 Å². The van der Waals surface area contributed by atoms with Crippen LogP contribution in [0.4, 0.5) is 0 Å². The molecule has 17 heavy (non-hydrogen) atoms. The summed E-state index contributed by atoms with van der Waals surface area (Å²) in [6.45, 7) is 10.4. The van der Waals surface area contributed by atoms with Crippen LogP contribution in [0.5, 0.6) is 0 Å². The van der Waals surface area contributed by atoms with Crippen LogP contribution >= 0.6 is 11.8 Å². The topological polar surface area (TPSA) is 23.5 Å². The van der Waals surface area contributed by atoms with Crippen molar-refractivity contribution in [1.29, 1.82) is 0 Å². The molecule has 1 saturated heterocycles. The van der Waals surface area contributed by atoms with Crippen LogP contribution in [0.1, 0.15) is 33.6 Å². The number of hydrogen-bond acceptors (Lipinski definition) is 3. The number of aliphatic hydroxyl groups excluding tert-OH is 1. The largest absolute Gasteiger partial charge is 0.393 e. The summed E-state index contributed by atoms with van der Waals surface area (Å²) in [6.07, 6.45) is 2.23. The Bertz CT molecular complexity index is 236. The summed E-state index contributed by atoms with van der Waals surface area (Å²) >= 11 is 2.08. The smallest absolute Gasteiger partial charge is 0.0585 e. The molecule has 1 heterocycles. The second kappa shape index (κ2) is 5.94. The average Bonchev–Trinajstić information content (AvgIpc) is 2.23. The Morgan fingerprint density at radius 3 is 2.65 bits per heavy atom. The van der Waals surface area contributed by atoms with E-state index < -0.39 is 0 Å². The van der Waals surface area contributed by atoms with Crippen LogP contribution in [-0.4, -0.2) is 46.7 Å². The molecule has 2 rings (SSSR count). The fourth-order valence-electron chi connectivity index (χ4n) is 3.53.